The summed E-state index contributed by atoms with van der Waals surface area (Å²) in [5, 5.41) is 7.02. The molecule has 27 heavy (non-hydrogen) atoms. The summed E-state index contributed by atoms with van der Waals surface area (Å²) < 4.78 is 40.5. The molecule has 0 aliphatic carbocycles. The standard InChI is InChI=1S/C19H18ClF3N2OS/c1-27-12-4-11-24-18(26)13-7-9-14(10-8-13)25-17(19(21,22)23)15-5-2-3-6-16(15)20/h2-10,12,17,25H,11H2,1H3,(H,24,26)/b12-4+. The maximum atomic E-state index is 13.5. The summed E-state index contributed by atoms with van der Waals surface area (Å²) in [6.07, 6.45) is -0.832. The van der Waals surface area contributed by atoms with Crippen molar-refractivity contribution in [2.45, 2.75) is 12.2 Å². The Kier molecular flexibility index (Phi) is 7.62. The van der Waals surface area contributed by atoms with Gasteiger partial charge in [0, 0.05) is 28.4 Å². The number of amides is 1. The molecule has 1 unspecified atom stereocenters. The number of rotatable bonds is 7. The van der Waals surface area contributed by atoms with E-state index in [1.165, 1.54) is 54.2 Å². The molecule has 0 aliphatic heterocycles. The lowest BCUT2D eigenvalue weighted by molar-refractivity contribution is -0.144. The highest BCUT2D eigenvalue weighted by Gasteiger charge is 2.41. The third-order valence-corrected chi connectivity index (χ3v) is 4.42. The molecule has 2 aromatic rings. The van der Waals surface area contributed by atoms with Crippen LogP contribution in [0.5, 0.6) is 0 Å². The molecule has 3 nitrogen and oxygen atoms in total. The molecule has 0 saturated heterocycles. The Hall–Kier alpha value is -2.12. The van der Waals surface area contributed by atoms with Crippen LogP contribution < -0.4 is 10.6 Å². The van der Waals surface area contributed by atoms with E-state index in [4.69, 9.17) is 11.6 Å². The molecule has 0 fully saturated rings. The summed E-state index contributed by atoms with van der Waals surface area (Å²) >= 11 is 7.45. The second-order valence-electron chi connectivity index (χ2n) is 5.54. The zero-order chi connectivity index (χ0) is 19.9. The first-order chi connectivity index (χ1) is 12.8. The first kappa shape index (κ1) is 21.2. The van der Waals surface area contributed by atoms with Crippen LogP contribution in [-0.2, 0) is 0 Å². The smallest absolute Gasteiger partial charge is 0.370 e. The number of alkyl halides is 3. The maximum Gasteiger partial charge on any atom is 0.412 e. The van der Waals surface area contributed by atoms with E-state index in [0.717, 1.165) is 0 Å². The molecule has 2 N–H and O–H groups in total. The number of benzene rings is 2. The van der Waals surface area contributed by atoms with Crippen LogP contribution in [0.4, 0.5) is 18.9 Å². The number of carbonyl (C=O) groups is 1. The van der Waals surface area contributed by atoms with Crippen LogP contribution in [0.1, 0.15) is 22.0 Å². The van der Waals surface area contributed by atoms with Gasteiger partial charge in [-0.3, -0.25) is 4.79 Å². The van der Waals surface area contributed by atoms with Crippen molar-refractivity contribution >= 4 is 35.0 Å². The molecule has 0 heterocycles. The Morgan fingerprint density at radius 1 is 1.19 bits per heavy atom. The number of hydrogen-bond donors (Lipinski definition) is 2. The van der Waals surface area contributed by atoms with Gasteiger partial charge in [-0.05, 0) is 42.0 Å². The molecule has 0 bridgehead atoms. The first-order valence-electron chi connectivity index (χ1n) is 7.96. The minimum absolute atomic E-state index is 0.0293. The molecule has 8 heteroatoms. The molecule has 144 valence electrons. The van der Waals surface area contributed by atoms with Crippen LogP contribution in [0.2, 0.25) is 5.02 Å². The third kappa shape index (κ3) is 6.22. The van der Waals surface area contributed by atoms with Crippen molar-refractivity contribution in [2.75, 3.05) is 18.1 Å². The maximum absolute atomic E-state index is 13.5. The molecule has 2 aromatic carbocycles. The number of thioether (sulfide) groups is 1. The summed E-state index contributed by atoms with van der Waals surface area (Å²) in [4.78, 5) is 12.0. The molecule has 0 aliphatic rings. The molecular weight excluding hydrogens is 397 g/mol. The van der Waals surface area contributed by atoms with Crippen molar-refractivity contribution in [3.8, 4) is 0 Å². The molecule has 0 saturated carbocycles. The highest BCUT2D eigenvalue weighted by Crippen LogP contribution is 2.38. The average Bonchev–Trinajstić information content (AvgIpc) is 2.63. The summed E-state index contributed by atoms with van der Waals surface area (Å²) in [6, 6.07) is 9.66. The van der Waals surface area contributed by atoms with E-state index >= 15 is 0 Å². The Morgan fingerprint density at radius 3 is 2.44 bits per heavy atom. The van der Waals surface area contributed by atoms with Gasteiger partial charge in [0.2, 0.25) is 0 Å². The van der Waals surface area contributed by atoms with Crippen molar-refractivity contribution in [1.29, 1.82) is 0 Å². The van der Waals surface area contributed by atoms with Crippen molar-refractivity contribution < 1.29 is 18.0 Å². The van der Waals surface area contributed by atoms with E-state index in [1.807, 2.05) is 11.7 Å². The van der Waals surface area contributed by atoms with E-state index in [9.17, 15) is 18.0 Å². The highest BCUT2D eigenvalue weighted by atomic mass is 35.5. The number of nitrogens with one attached hydrogen (secondary N) is 2. The van der Waals surface area contributed by atoms with Gasteiger partial charge in [0.15, 0.2) is 0 Å². The summed E-state index contributed by atoms with van der Waals surface area (Å²) in [5.41, 5.74) is 0.532. The van der Waals surface area contributed by atoms with E-state index in [0.29, 0.717) is 12.1 Å². The zero-order valence-electron chi connectivity index (χ0n) is 14.4. The lowest BCUT2D eigenvalue weighted by atomic mass is 10.1. The monoisotopic (exact) mass is 414 g/mol. The van der Waals surface area contributed by atoms with Crippen LogP contribution in [0.15, 0.2) is 60.0 Å². The van der Waals surface area contributed by atoms with Gasteiger partial charge in [-0.25, -0.2) is 0 Å². The summed E-state index contributed by atoms with van der Waals surface area (Å²) in [7, 11) is 0. The van der Waals surface area contributed by atoms with Gasteiger partial charge in [0.25, 0.3) is 5.91 Å². The molecule has 0 aromatic heterocycles. The minimum atomic E-state index is -4.54. The van der Waals surface area contributed by atoms with Crippen molar-refractivity contribution in [3.63, 3.8) is 0 Å². The normalized spacial score (nSPS) is 12.8. The van der Waals surface area contributed by atoms with E-state index in [1.54, 1.807) is 12.1 Å². The molecule has 2 rings (SSSR count). The third-order valence-electron chi connectivity index (χ3n) is 3.61. The van der Waals surface area contributed by atoms with Crippen molar-refractivity contribution in [3.05, 3.63) is 76.2 Å². The minimum Gasteiger partial charge on any atom is -0.370 e. The van der Waals surface area contributed by atoms with Gasteiger partial charge in [0.1, 0.15) is 6.04 Å². The predicted molar refractivity (Wildman–Crippen MR) is 105 cm³/mol. The summed E-state index contributed by atoms with van der Waals surface area (Å²) in [6.45, 7) is 0.377. The van der Waals surface area contributed by atoms with Crippen molar-refractivity contribution in [1.82, 2.24) is 5.32 Å². The zero-order valence-corrected chi connectivity index (χ0v) is 16.0. The van der Waals surface area contributed by atoms with Gasteiger partial charge < -0.3 is 10.6 Å². The first-order valence-corrected chi connectivity index (χ1v) is 9.63. The Balaban J connectivity index is 2.12. The molecular formula is C19H18ClF3N2OS. The number of hydrogen-bond acceptors (Lipinski definition) is 3. The van der Waals surface area contributed by atoms with Crippen LogP contribution in [0.3, 0.4) is 0 Å². The number of anilines is 1. The lowest BCUT2D eigenvalue weighted by Gasteiger charge is -2.24. The summed E-state index contributed by atoms with van der Waals surface area (Å²) in [5.74, 6) is -0.300. The van der Waals surface area contributed by atoms with Gasteiger partial charge in [-0.2, -0.15) is 13.2 Å². The fourth-order valence-electron chi connectivity index (χ4n) is 2.33. The Labute approximate surface area is 165 Å². The van der Waals surface area contributed by atoms with Crippen molar-refractivity contribution in [2.24, 2.45) is 0 Å². The largest absolute Gasteiger partial charge is 0.412 e. The van der Waals surface area contributed by atoms with Crippen LogP contribution >= 0.6 is 23.4 Å². The average molecular weight is 415 g/mol. The van der Waals surface area contributed by atoms with Crippen LogP contribution in [0.25, 0.3) is 0 Å². The fourth-order valence-corrected chi connectivity index (χ4v) is 2.86. The number of halogens is 4. The van der Waals surface area contributed by atoms with E-state index in [-0.39, 0.29) is 22.2 Å². The quantitative estimate of drug-likeness (QED) is 0.614. The van der Waals surface area contributed by atoms with Crippen LogP contribution in [-0.4, -0.2) is 24.9 Å². The van der Waals surface area contributed by atoms with E-state index < -0.39 is 12.2 Å². The second kappa shape index (κ2) is 9.71. The molecule has 0 spiro atoms. The molecule has 1 amide bonds. The molecule has 0 radical (unpaired) electrons. The number of carbonyl (C=O) groups excluding carboxylic acids is 1. The van der Waals surface area contributed by atoms with E-state index in [2.05, 4.69) is 10.6 Å². The topological polar surface area (TPSA) is 41.1 Å². The lowest BCUT2D eigenvalue weighted by Crippen LogP contribution is -2.28. The Bertz CT molecular complexity index is 794. The predicted octanol–water partition coefficient (Wildman–Crippen LogP) is 5.66. The van der Waals surface area contributed by atoms with Crippen LogP contribution in [0, 0.1) is 0 Å². The van der Waals surface area contributed by atoms with Gasteiger partial charge in [0.05, 0.1) is 0 Å². The van der Waals surface area contributed by atoms with Gasteiger partial charge >= 0.3 is 6.18 Å². The van der Waals surface area contributed by atoms with Gasteiger partial charge in [-0.15, -0.1) is 11.8 Å². The molecule has 1 atom stereocenters. The van der Waals surface area contributed by atoms with Gasteiger partial charge in [-0.1, -0.05) is 35.9 Å². The fraction of sp³-hybridized carbons (Fsp3) is 0.211. The second-order valence-corrected chi connectivity index (χ2v) is 6.69. The Morgan fingerprint density at radius 2 is 1.85 bits per heavy atom. The SMILES string of the molecule is CS/C=C/CNC(=O)c1ccc(NC(c2ccccc2Cl)C(F)(F)F)cc1. The highest BCUT2D eigenvalue weighted by molar-refractivity contribution is 8.01.